The largest absolute Gasteiger partial charge is 0.479 e. The van der Waals surface area contributed by atoms with Crippen molar-refractivity contribution in [3.05, 3.63) is 29.3 Å². The first-order valence-electron chi connectivity index (χ1n) is 6.50. The van der Waals surface area contributed by atoms with Crippen LogP contribution in [0.1, 0.15) is 28.8 Å². The first-order valence-corrected chi connectivity index (χ1v) is 6.50. The number of amides is 1. The number of rotatable bonds is 4. The number of ether oxygens (including phenoxy) is 1. The molecule has 6 heteroatoms. The van der Waals surface area contributed by atoms with Crippen LogP contribution in [-0.2, 0) is 9.53 Å². The number of anilines is 1. The number of aryl methyl sites for hydroxylation is 1. The molecule has 0 spiro atoms. The maximum Gasteiger partial charge on any atom is 0.332 e. The van der Waals surface area contributed by atoms with Gasteiger partial charge in [-0.15, -0.1) is 0 Å². The molecule has 108 valence electrons. The summed E-state index contributed by atoms with van der Waals surface area (Å²) in [4.78, 5) is 22.8. The predicted octanol–water partition coefficient (Wildman–Crippen LogP) is 0.939. The third-order valence-electron chi connectivity index (χ3n) is 3.33. The second-order valence-electron chi connectivity index (χ2n) is 4.96. The molecule has 0 aromatic heterocycles. The highest BCUT2D eigenvalue weighted by molar-refractivity contribution is 5.99. The van der Waals surface area contributed by atoms with E-state index < -0.39 is 12.1 Å². The van der Waals surface area contributed by atoms with Crippen LogP contribution >= 0.6 is 0 Å². The summed E-state index contributed by atoms with van der Waals surface area (Å²) in [7, 11) is 0. The predicted molar refractivity (Wildman–Crippen MR) is 73.5 cm³/mol. The highest BCUT2D eigenvalue weighted by Crippen LogP contribution is 2.19. The minimum Gasteiger partial charge on any atom is -0.479 e. The van der Waals surface area contributed by atoms with Gasteiger partial charge in [0.05, 0.1) is 11.7 Å². The lowest BCUT2D eigenvalue weighted by atomic mass is 10.1. The van der Waals surface area contributed by atoms with Crippen molar-refractivity contribution < 1.29 is 19.4 Å². The van der Waals surface area contributed by atoms with Gasteiger partial charge in [-0.05, 0) is 31.9 Å². The molecule has 1 aromatic carbocycles. The molecule has 1 saturated heterocycles. The van der Waals surface area contributed by atoms with Crippen LogP contribution in [0.15, 0.2) is 18.2 Å². The Kier molecular flexibility index (Phi) is 4.24. The Balaban J connectivity index is 1.90. The van der Waals surface area contributed by atoms with Crippen LogP contribution in [0.3, 0.4) is 0 Å². The van der Waals surface area contributed by atoms with Crippen LogP contribution in [0.4, 0.5) is 5.69 Å². The smallest absolute Gasteiger partial charge is 0.332 e. The van der Waals surface area contributed by atoms with Crippen molar-refractivity contribution in [3.8, 4) is 0 Å². The number of benzene rings is 1. The summed E-state index contributed by atoms with van der Waals surface area (Å²) in [6.07, 6.45) is 0.0789. The highest BCUT2D eigenvalue weighted by Gasteiger charge is 2.30. The number of carboxylic acids is 1. The summed E-state index contributed by atoms with van der Waals surface area (Å²) in [5, 5.41) is 11.6. The van der Waals surface area contributed by atoms with E-state index in [0.29, 0.717) is 24.1 Å². The van der Waals surface area contributed by atoms with Gasteiger partial charge in [0.1, 0.15) is 0 Å². The number of aliphatic carboxylic acids is 1. The van der Waals surface area contributed by atoms with Gasteiger partial charge in [-0.25, -0.2) is 4.79 Å². The van der Waals surface area contributed by atoms with Crippen molar-refractivity contribution in [2.24, 2.45) is 0 Å². The second kappa shape index (κ2) is 5.92. The van der Waals surface area contributed by atoms with E-state index in [1.165, 1.54) is 0 Å². The van der Waals surface area contributed by atoms with E-state index in [0.717, 1.165) is 5.56 Å². The van der Waals surface area contributed by atoms with Crippen molar-refractivity contribution in [2.75, 3.05) is 12.3 Å². The fourth-order valence-corrected chi connectivity index (χ4v) is 2.21. The van der Waals surface area contributed by atoms with E-state index in [4.69, 9.17) is 15.6 Å². The topological polar surface area (TPSA) is 102 Å². The molecular weight excluding hydrogens is 260 g/mol. The Morgan fingerprint density at radius 2 is 2.20 bits per heavy atom. The fourth-order valence-electron chi connectivity index (χ4n) is 2.21. The molecule has 0 bridgehead atoms. The normalized spacial score (nSPS) is 21.6. The van der Waals surface area contributed by atoms with Crippen LogP contribution < -0.4 is 11.1 Å². The summed E-state index contributed by atoms with van der Waals surface area (Å²) in [6, 6.07) is 5.25. The molecule has 0 radical (unpaired) electrons. The zero-order chi connectivity index (χ0) is 14.7. The van der Waals surface area contributed by atoms with Gasteiger partial charge in [-0.1, -0.05) is 11.6 Å². The molecule has 1 fully saturated rings. The van der Waals surface area contributed by atoms with E-state index >= 15 is 0 Å². The molecule has 1 amide bonds. The molecule has 4 N–H and O–H groups in total. The molecule has 0 aliphatic carbocycles. The summed E-state index contributed by atoms with van der Waals surface area (Å²) >= 11 is 0. The molecule has 1 aromatic rings. The van der Waals surface area contributed by atoms with Crippen LogP contribution in [0.2, 0.25) is 0 Å². The number of hydrogen-bond acceptors (Lipinski definition) is 4. The van der Waals surface area contributed by atoms with Crippen molar-refractivity contribution in [3.63, 3.8) is 0 Å². The zero-order valence-electron chi connectivity index (χ0n) is 11.3. The summed E-state index contributed by atoms with van der Waals surface area (Å²) < 4.78 is 5.32. The molecule has 2 unspecified atom stereocenters. The number of carboxylic acid groups (broad SMARTS) is 1. The molecule has 0 saturated carbocycles. The molecule has 1 aliphatic heterocycles. The lowest BCUT2D eigenvalue weighted by molar-refractivity contribution is -0.149. The highest BCUT2D eigenvalue weighted by atomic mass is 16.5. The maximum atomic E-state index is 12.0. The maximum absolute atomic E-state index is 12.0. The van der Waals surface area contributed by atoms with Gasteiger partial charge >= 0.3 is 5.97 Å². The van der Waals surface area contributed by atoms with Gasteiger partial charge in [-0.2, -0.15) is 0 Å². The number of hydrogen-bond donors (Lipinski definition) is 3. The van der Waals surface area contributed by atoms with Crippen molar-refractivity contribution in [1.29, 1.82) is 0 Å². The average molecular weight is 278 g/mol. The van der Waals surface area contributed by atoms with Gasteiger partial charge in [0.15, 0.2) is 6.10 Å². The number of carbonyl (C=O) groups excluding carboxylic acids is 1. The average Bonchev–Trinajstić information content (AvgIpc) is 2.88. The van der Waals surface area contributed by atoms with Crippen LogP contribution in [0.25, 0.3) is 0 Å². The van der Waals surface area contributed by atoms with Crippen molar-refractivity contribution in [2.45, 2.75) is 32.0 Å². The first-order chi connectivity index (χ1) is 9.47. The number of nitrogens with two attached hydrogens (primary N) is 1. The lowest BCUT2D eigenvalue weighted by Gasteiger charge is -2.13. The molecule has 6 nitrogen and oxygen atoms in total. The lowest BCUT2D eigenvalue weighted by Crippen LogP contribution is -2.33. The van der Waals surface area contributed by atoms with Crippen molar-refractivity contribution in [1.82, 2.24) is 5.32 Å². The summed E-state index contributed by atoms with van der Waals surface area (Å²) in [6.45, 7) is 2.17. The Bertz CT molecular complexity index is 530. The van der Waals surface area contributed by atoms with Crippen LogP contribution in [0, 0.1) is 6.92 Å². The van der Waals surface area contributed by atoms with E-state index in [1.54, 1.807) is 12.1 Å². The standard InChI is InChI=1S/C14H18N2O4/c1-8-2-4-11(15)10(6-8)13(17)16-7-9-3-5-12(20-9)14(18)19/h2,4,6,9,12H,3,5,7,15H2,1H3,(H,16,17)(H,18,19). The van der Waals surface area contributed by atoms with E-state index in [9.17, 15) is 9.59 Å². The van der Waals surface area contributed by atoms with E-state index in [2.05, 4.69) is 5.32 Å². The van der Waals surface area contributed by atoms with Gasteiger partial charge in [-0.3, -0.25) is 4.79 Å². The Morgan fingerprint density at radius 1 is 1.45 bits per heavy atom. The molecule has 1 heterocycles. The quantitative estimate of drug-likeness (QED) is 0.711. The molecule has 1 aliphatic rings. The van der Waals surface area contributed by atoms with Crippen LogP contribution in [0.5, 0.6) is 0 Å². The monoisotopic (exact) mass is 278 g/mol. The van der Waals surface area contributed by atoms with E-state index in [-0.39, 0.29) is 18.6 Å². The summed E-state index contributed by atoms with van der Waals surface area (Å²) in [5.74, 6) is -1.23. The van der Waals surface area contributed by atoms with Gasteiger partial charge in [0.2, 0.25) is 0 Å². The van der Waals surface area contributed by atoms with E-state index in [1.807, 2.05) is 13.0 Å². The minimum absolute atomic E-state index is 0.258. The third-order valence-corrected chi connectivity index (χ3v) is 3.33. The first kappa shape index (κ1) is 14.3. The summed E-state index contributed by atoms with van der Waals surface area (Å²) in [5.41, 5.74) is 7.57. The molecule has 2 rings (SSSR count). The molecule has 2 atom stereocenters. The van der Waals surface area contributed by atoms with Gasteiger partial charge in [0, 0.05) is 12.2 Å². The second-order valence-corrected chi connectivity index (χ2v) is 4.96. The number of nitrogen functional groups attached to an aromatic ring is 1. The Hall–Kier alpha value is -2.08. The third kappa shape index (κ3) is 3.27. The number of nitrogens with one attached hydrogen (secondary N) is 1. The number of carbonyl (C=O) groups is 2. The van der Waals surface area contributed by atoms with Gasteiger partial charge < -0.3 is 20.9 Å². The zero-order valence-corrected chi connectivity index (χ0v) is 11.3. The van der Waals surface area contributed by atoms with Crippen LogP contribution in [-0.4, -0.2) is 35.7 Å². The molecule has 20 heavy (non-hydrogen) atoms. The Morgan fingerprint density at radius 3 is 2.85 bits per heavy atom. The van der Waals surface area contributed by atoms with Gasteiger partial charge in [0.25, 0.3) is 5.91 Å². The molecular formula is C14H18N2O4. The SMILES string of the molecule is Cc1ccc(N)c(C(=O)NCC2CCC(C(=O)O)O2)c1. The van der Waals surface area contributed by atoms with Crippen molar-refractivity contribution >= 4 is 17.6 Å². The fraction of sp³-hybridized carbons (Fsp3) is 0.429. The Labute approximate surface area is 116 Å². The minimum atomic E-state index is -0.957.